The maximum atomic E-state index is 12.0. The summed E-state index contributed by atoms with van der Waals surface area (Å²) in [5, 5.41) is 0. The molecule has 0 amide bonds. The van der Waals surface area contributed by atoms with Crippen molar-refractivity contribution >= 4 is 10.1 Å². The van der Waals surface area contributed by atoms with Gasteiger partial charge in [-0.05, 0) is 25.0 Å². The smallest absolute Gasteiger partial charge is 0.297 e. The fraction of sp³-hybridized carbons (Fsp3) is 0.600. The quantitative estimate of drug-likeness (QED) is 0.464. The maximum absolute atomic E-state index is 12.0. The Bertz CT molecular complexity index is 499. The number of unbranched alkanes of at least 4 members (excludes halogenated alkanes) is 1. The van der Waals surface area contributed by atoms with Crippen molar-refractivity contribution in [1.29, 1.82) is 0 Å². The van der Waals surface area contributed by atoms with Crippen LogP contribution in [-0.2, 0) is 23.8 Å². The molecule has 0 N–H and O–H groups in total. The molecule has 1 aromatic rings. The Balaban J connectivity index is 2.19. The van der Waals surface area contributed by atoms with Crippen LogP contribution in [0.5, 0.6) is 0 Å². The second-order valence-corrected chi connectivity index (χ2v) is 6.20. The molecule has 0 aliphatic rings. The van der Waals surface area contributed by atoms with E-state index in [9.17, 15) is 8.42 Å². The summed E-state index contributed by atoms with van der Waals surface area (Å²) in [5.41, 5.74) is 0.669. The minimum Gasteiger partial charge on any atom is -0.379 e. The monoisotopic (exact) mass is 316 g/mol. The molecule has 0 aromatic heterocycles. The van der Waals surface area contributed by atoms with Gasteiger partial charge in [0.15, 0.2) is 0 Å². The first-order valence-electron chi connectivity index (χ1n) is 7.18. The van der Waals surface area contributed by atoms with Gasteiger partial charge in [-0.3, -0.25) is 4.18 Å². The number of hydrogen-bond donors (Lipinski definition) is 0. The summed E-state index contributed by atoms with van der Waals surface area (Å²) in [7, 11) is -3.71. The molecule has 0 saturated heterocycles. The highest BCUT2D eigenvalue weighted by Crippen LogP contribution is 2.16. The number of aryl methyl sites for hydroxylation is 1. The normalized spacial score (nSPS) is 11.7. The third-order valence-electron chi connectivity index (χ3n) is 2.84. The standard InChI is InChI=1S/C15H24O5S/c1-3-4-9-18-10-11-19-12-13-20-21(16,17)15-8-6-5-7-14(15)2/h5-8H,3-4,9-13H2,1-2H3. The first-order valence-corrected chi connectivity index (χ1v) is 8.59. The second kappa shape index (κ2) is 9.89. The molecule has 120 valence electrons. The zero-order valence-corrected chi connectivity index (χ0v) is 13.5. The lowest BCUT2D eigenvalue weighted by molar-refractivity contribution is 0.0363. The molecule has 21 heavy (non-hydrogen) atoms. The first-order chi connectivity index (χ1) is 10.1. The van der Waals surface area contributed by atoms with Crippen LogP contribution in [-0.4, -0.2) is 41.5 Å². The number of rotatable bonds is 11. The molecule has 1 rings (SSSR count). The SMILES string of the molecule is CCCCOCCOCCOS(=O)(=O)c1ccccc1C. The van der Waals surface area contributed by atoms with E-state index in [-0.39, 0.29) is 18.1 Å². The van der Waals surface area contributed by atoms with Crippen molar-refractivity contribution in [2.75, 3.05) is 33.0 Å². The number of benzene rings is 1. The summed E-state index contributed by atoms with van der Waals surface area (Å²) in [4.78, 5) is 0.202. The molecule has 6 heteroatoms. The number of hydrogen-bond acceptors (Lipinski definition) is 5. The molecule has 0 bridgehead atoms. The van der Waals surface area contributed by atoms with Crippen LogP contribution in [0.3, 0.4) is 0 Å². The van der Waals surface area contributed by atoms with E-state index in [0.717, 1.165) is 19.4 Å². The van der Waals surface area contributed by atoms with Crippen molar-refractivity contribution in [3.05, 3.63) is 29.8 Å². The van der Waals surface area contributed by atoms with E-state index in [1.807, 2.05) is 0 Å². The lowest BCUT2D eigenvalue weighted by Crippen LogP contribution is -2.14. The predicted molar refractivity (Wildman–Crippen MR) is 80.9 cm³/mol. The van der Waals surface area contributed by atoms with E-state index in [1.165, 1.54) is 6.07 Å². The summed E-state index contributed by atoms with van der Waals surface area (Å²) in [5.74, 6) is 0. The van der Waals surface area contributed by atoms with Crippen LogP contribution in [0, 0.1) is 6.92 Å². The van der Waals surface area contributed by atoms with E-state index in [4.69, 9.17) is 13.7 Å². The molecule has 0 radical (unpaired) electrons. The number of ether oxygens (including phenoxy) is 2. The van der Waals surface area contributed by atoms with Gasteiger partial charge in [-0.15, -0.1) is 0 Å². The molecular formula is C15H24O5S. The Labute approximate surface area is 127 Å². The van der Waals surface area contributed by atoms with Crippen molar-refractivity contribution in [3.63, 3.8) is 0 Å². The van der Waals surface area contributed by atoms with Gasteiger partial charge in [-0.1, -0.05) is 31.5 Å². The summed E-state index contributed by atoms with van der Waals surface area (Å²) >= 11 is 0. The fourth-order valence-corrected chi connectivity index (χ4v) is 2.79. The highest BCUT2D eigenvalue weighted by Gasteiger charge is 2.16. The van der Waals surface area contributed by atoms with Crippen molar-refractivity contribution in [2.45, 2.75) is 31.6 Å². The topological polar surface area (TPSA) is 61.8 Å². The zero-order valence-electron chi connectivity index (χ0n) is 12.7. The van der Waals surface area contributed by atoms with Gasteiger partial charge in [-0.2, -0.15) is 8.42 Å². The van der Waals surface area contributed by atoms with E-state index < -0.39 is 10.1 Å². The third kappa shape index (κ3) is 7.04. The molecule has 0 heterocycles. The van der Waals surface area contributed by atoms with Crippen LogP contribution in [0.2, 0.25) is 0 Å². The third-order valence-corrected chi connectivity index (χ3v) is 4.32. The van der Waals surface area contributed by atoms with Gasteiger partial charge in [0.1, 0.15) is 0 Å². The average Bonchev–Trinajstić information content (AvgIpc) is 2.46. The second-order valence-electron chi connectivity index (χ2n) is 4.62. The Morgan fingerprint density at radius 3 is 2.24 bits per heavy atom. The fourth-order valence-electron chi connectivity index (χ4n) is 1.67. The highest BCUT2D eigenvalue weighted by atomic mass is 32.2. The van der Waals surface area contributed by atoms with Crippen molar-refractivity contribution in [2.24, 2.45) is 0 Å². The molecule has 0 aliphatic heterocycles. The Morgan fingerprint density at radius 1 is 0.952 bits per heavy atom. The van der Waals surface area contributed by atoms with E-state index in [0.29, 0.717) is 18.8 Å². The van der Waals surface area contributed by atoms with Gasteiger partial charge >= 0.3 is 0 Å². The van der Waals surface area contributed by atoms with Gasteiger partial charge in [-0.25, -0.2) is 0 Å². The van der Waals surface area contributed by atoms with E-state index >= 15 is 0 Å². The van der Waals surface area contributed by atoms with Crippen LogP contribution in [0.15, 0.2) is 29.2 Å². The maximum Gasteiger partial charge on any atom is 0.297 e. The van der Waals surface area contributed by atoms with E-state index in [1.54, 1.807) is 25.1 Å². The molecule has 1 aromatic carbocycles. The summed E-state index contributed by atoms with van der Waals surface area (Å²) in [6.45, 7) is 5.76. The van der Waals surface area contributed by atoms with Crippen molar-refractivity contribution in [3.8, 4) is 0 Å². The Kier molecular flexibility index (Phi) is 8.52. The highest BCUT2D eigenvalue weighted by molar-refractivity contribution is 7.86. The van der Waals surface area contributed by atoms with Gasteiger partial charge in [0.2, 0.25) is 0 Å². The van der Waals surface area contributed by atoms with Gasteiger partial charge < -0.3 is 9.47 Å². The van der Waals surface area contributed by atoms with E-state index in [2.05, 4.69) is 6.92 Å². The first kappa shape index (κ1) is 18.1. The van der Waals surface area contributed by atoms with Crippen LogP contribution in [0.1, 0.15) is 25.3 Å². The molecule has 0 spiro atoms. The predicted octanol–water partition coefficient (Wildman–Crippen LogP) is 2.53. The molecular weight excluding hydrogens is 292 g/mol. The molecule has 0 fully saturated rings. The zero-order chi connectivity index (χ0) is 15.6. The molecule has 0 saturated carbocycles. The van der Waals surface area contributed by atoms with Crippen LogP contribution in [0.25, 0.3) is 0 Å². The van der Waals surface area contributed by atoms with Crippen LogP contribution in [0.4, 0.5) is 0 Å². The minimum atomic E-state index is -3.71. The summed E-state index contributed by atoms with van der Waals surface area (Å²) in [6, 6.07) is 6.73. The Hall–Kier alpha value is -0.950. The summed E-state index contributed by atoms with van der Waals surface area (Å²) in [6.07, 6.45) is 2.14. The van der Waals surface area contributed by atoms with Crippen molar-refractivity contribution < 1.29 is 22.1 Å². The molecule has 0 unspecified atom stereocenters. The average molecular weight is 316 g/mol. The Morgan fingerprint density at radius 2 is 1.57 bits per heavy atom. The van der Waals surface area contributed by atoms with Gasteiger partial charge in [0.05, 0.1) is 31.3 Å². The largest absolute Gasteiger partial charge is 0.379 e. The lowest BCUT2D eigenvalue weighted by atomic mass is 10.2. The van der Waals surface area contributed by atoms with Gasteiger partial charge in [0.25, 0.3) is 10.1 Å². The molecule has 0 aliphatic carbocycles. The molecule has 0 atom stereocenters. The molecule has 5 nitrogen and oxygen atoms in total. The van der Waals surface area contributed by atoms with Crippen molar-refractivity contribution in [1.82, 2.24) is 0 Å². The van der Waals surface area contributed by atoms with Gasteiger partial charge in [0, 0.05) is 6.61 Å². The lowest BCUT2D eigenvalue weighted by Gasteiger charge is -2.08. The van der Waals surface area contributed by atoms with Crippen LogP contribution >= 0.6 is 0 Å². The summed E-state index contributed by atoms with van der Waals surface area (Å²) < 4.78 is 39.4. The van der Waals surface area contributed by atoms with Crippen LogP contribution < -0.4 is 0 Å². The minimum absolute atomic E-state index is 0.00558.